The van der Waals surface area contributed by atoms with Crippen molar-refractivity contribution in [3.8, 4) is 5.75 Å². The summed E-state index contributed by atoms with van der Waals surface area (Å²) >= 11 is 0. The maximum atomic E-state index is 11.3. The second-order valence-electron chi connectivity index (χ2n) is 7.13. The zero-order valence-electron chi connectivity index (χ0n) is 14.1. The standard InChI is InChI=1S/C19H26N2O3/c22-19-15(13-20-16-9-5-2-6-10-16)11-17(21(23)24)12-18(19)14-7-3-1-4-8-14/h11-14,16,22H,1-10H2. The Bertz CT molecular complexity index is 615. The van der Waals surface area contributed by atoms with E-state index in [2.05, 4.69) is 4.99 Å². The van der Waals surface area contributed by atoms with Crippen LogP contribution in [0.5, 0.6) is 5.75 Å². The molecule has 1 aromatic carbocycles. The van der Waals surface area contributed by atoms with E-state index in [1.807, 2.05) is 0 Å². The van der Waals surface area contributed by atoms with Crippen molar-refractivity contribution < 1.29 is 10.0 Å². The Morgan fingerprint density at radius 3 is 2.29 bits per heavy atom. The van der Waals surface area contributed by atoms with Gasteiger partial charge in [0.05, 0.1) is 4.92 Å². The molecule has 5 nitrogen and oxygen atoms in total. The van der Waals surface area contributed by atoms with Crippen molar-refractivity contribution >= 4 is 11.9 Å². The van der Waals surface area contributed by atoms with Gasteiger partial charge in [-0.25, -0.2) is 0 Å². The molecule has 0 radical (unpaired) electrons. The molecular weight excluding hydrogens is 304 g/mol. The molecule has 130 valence electrons. The number of benzene rings is 1. The van der Waals surface area contributed by atoms with Crippen molar-refractivity contribution in [3.63, 3.8) is 0 Å². The summed E-state index contributed by atoms with van der Waals surface area (Å²) in [5.41, 5.74) is 1.28. The highest BCUT2D eigenvalue weighted by atomic mass is 16.6. The molecule has 0 aliphatic heterocycles. The molecule has 2 aliphatic carbocycles. The summed E-state index contributed by atoms with van der Waals surface area (Å²) in [5.74, 6) is 0.410. The molecule has 0 saturated heterocycles. The smallest absolute Gasteiger partial charge is 0.270 e. The first-order chi connectivity index (χ1) is 11.6. The molecule has 0 aromatic heterocycles. The van der Waals surface area contributed by atoms with Gasteiger partial charge in [0.2, 0.25) is 0 Å². The molecule has 5 heteroatoms. The lowest BCUT2D eigenvalue weighted by Crippen LogP contribution is -2.10. The van der Waals surface area contributed by atoms with E-state index < -0.39 is 0 Å². The average molecular weight is 330 g/mol. The average Bonchev–Trinajstić information content (AvgIpc) is 2.62. The number of hydrogen-bond donors (Lipinski definition) is 1. The van der Waals surface area contributed by atoms with E-state index in [4.69, 9.17) is 0 Å². The Labute approximate surface area is 143 Å². The van der Waals surface area contributed by atoms with Crippen LogP contribution in [0, 0.1) is 10.1 Å². The maximum Gasteiger partial charge on any atom is 0.270 e. The molecule has 2 aliphatic rings. The zero-order valence-corrected chi connectivity index (χ0v) is 14.1. The van der Waals surface area contributed by atoms with E-state index in [0.29, 0.717) is 5.56 Å². The molecule has 0 bridgehead atoms. The van der Waals surface area contributed by atoms with Gasteiger partial charge >= 0.3 is 0 Å². The minimum absolute atomic E-state index is 0.0541. The second-order valence-corrected chi connectivity index (χ2v) is 7.13. The first-order valence-electron chi connectivity index (χ1n) is 9.19. The van der Waals surface area contributed by atoms with E-state index in [1.54, 1.807) is 12.3 Å². The summed E-state index contributed by atoms with van der Waals surface area (Å²) in [6.45, 7) is 0. The number of nitrogens with zero attached hydrogens (tertiary/aromatic N) is 2. The summed E-state index contributed by atoms with van der Waals surface area (Å²) < 4.78 is 0. The number of phenolic OH excluding ortho intramolecular Hbond substituents is 1. The van der Waals surface area contributed by atoms with Crippen LogP contribution >= 0.6 is 0 Å². The first-order valence-corrected chi connectivity index (χ1v) is 9.19. The fourth-order valence-electron chi connectivity index (χ4n) is 4.01. The Kier molecular flexibility index (Phi) is 5.48. The third-order valence-corrected chi connectivity index (χ3v) is 5.41. The number of nitro groups is 1. The van der Waals surface area contributed by atoms with E-state index in [1.165, 1.54) is 31.7 Å². The summed E-state index contributed by atoms with van der Waals surface area (Å²) in [6, 6.07) is 3.30. The number of aromatic hydroxyl groups is 1. The highest BCUT2D eigenvalue weighted by molar-refractivity contribution is 5.85. The number of aliphatic imine (C=N–C) groups is 1. The van der Waals surface area contributed by atoms with Crippen LogP contribution in [0.25, 0.3) is 0 Å². The number of nitro benzene ring substituents is 1. The lowest BCUT2D eigenvalue weighted by atomic mass is 9.83. The molecular formula is C19H26N2O3. The fourth-order valence-corrected chi connectivity index (χ4v) is 4.01. The Balaban J connectivity index is 1.90. The van der Waals surface area contributed by atoms with Crippen LogP contribution in [0.2, 0.25) is 0 Å². The molecule has 2 fully saturated rings. The molecule has 0 atom stereocenters. The van der Waals surface area contributed by atoms with Crippen LogP contribution in [0.15, 0.2) is 17.1 Å². The van der Waals surface area contributed by atoms with Gasteiger partial charge in [0.25, 0.3) is 5.69 Å². The maximum absolute atomic E-state index is 11.3. The van der Waals surface area contributed by atoms with Gasteiger partial charge in [-0.05, 0) is 31.6 Å². The Morgan fingerprint density at radius 2 is 1.67 bits per heavy atom. The van der Waals surface area contributed by atoms with E-state index >= 15 is 0 Å². The molecule has 0 heterocycles. The number of rotatable bonds is 4. The summed E-state index contributed by atoms with van der Waals surface area (Å²) in [5, 5.41) is 21.9. The Hall–Kier alpha value is -1.91. The number of phenols is 1. The first kappa shape index (κ1) is 16.9. The third-order valence-electron chi connectivity index (χ3n) is 5.41. The SMILES string of the molecule is O=[N+]([O-])c1cc(C=NC2CCCCC2)c(O)c(C2CCCCC2)c1. The van der Waals surface area contributed by atoms with Crippen molar-refractivity contribution in [1.29, 1.82) is 0 Å². The van der Waals surface area contributed by atoms with Gasteiger partial charge < -0.3 is 5.11 Å². The Morgan fingerprint density at radius 1 is 1.04 bits per heavy atom. The quantitative estimate of drug-likeness (QED) is 0.474. The summed E-state index contributed by atoms with van der Waals surface area (Å²) in [6.07, 6.45) is 12.9. The molecule has 0 spiro atoms. The van der Waals surface area contributed by atoms with Gasteiger partial charge in [-0.3, -0.25) is 15.1 Å². The van der Waals surface area contributed by atoms with Crippen LogP contribution in [0.4, 0.5) is 5.69 Å². The van der Waals surface area contributed by atoms with E-state index in [-0.39, 0.29) is 28.3 Å². The minimum atomic E-state index is -0.371. The number of non-ortho nitro benzene ring substituents is 1. The highest BCUT2D eigenvalue weighted by Crippen LogP contribution is 2.40. The molecule has 2 saturated carbocycles. The van der Waals surface area contributed by atoms with Crippen molar-refractivity contribution in [3.05, 3.63) is 33.4 Å². The molecule has 1 aromatic rings. The fraction of sp³-hybridized carbons (Fsp3) is 0.632. The minimum Gasteiger partial charge on any atom is -0.507 e. The molecule has 24 heavy (non-hydrogen) atoms. The van der Waals surface area contributed by atoms with Gasteiger partial charge in [0.1, 0.15) is 5.75 Å². The molecule has 1 N–H and O–H groups in total. The summed E-state index contributed by atoms with van der Waals surface area (Å²) in [4.78, 5) is 15.5. The lowest BCUT2D eigenvalue weighted by Gasteiger charge is -2.23. The van der Waals surface area contributed by atoms with Crippen molar-refractivity contribution in [2.24, 2.45) is 4.99 Å². The molecule has 3 rings (SSSR count). The molecule has 0 unspecified atom stereocenters. The van der Waals surface area contributed by atoms with Crippen molar-refractivity contribution in [2.75, 3.05) is 0 Å². The lowest BCUT2D eigenvalue weighted by molar-refractivity contribution is -0.385. The van der Waals surface area contributed by atoms with E-state index in [9.17, 15) is 15.2 Å². The summed E-state index contributed by atoms with van der Waals surface area (Å²) in [7, 11) is 0. The monoisotopic (exact) mass is 330 g/mol. The third kappa shape index (κ3) is 3.94. The van der Waals surface area contributed by atoms with Gasteiger partial charge in [-0.15, -0.1) is 0 Å². The van der Waals surface area contributed by atoms with Gasteiger partial charge in [-0.2, -0.15) is 0 Å². The van der Waals surface area contributed by atoms with Crippen LogP contribution < -0.4 is 0 Å². The highest BCUT2D eigenvalue weighted by Gasteiger charge is 2.23. The van der Waals surface area contributed by atoms with Crippen LogP contribution in [-0.2, 0) is 0 Å². The van der Waals surface area contributed by atoms with Crippen LogP contribution in [-0.4, -0.2) is 22.3 Å². The largest absolute Gasteiger partial charge is 0.507 e. The van der Waals surface area contributed by atoms with E-state index in [0.717, 1.165) is 44.1 Å². The van der Waals surface area contributed by atoms with Gasteiger partial charge in [0, 0.05) is 35.5 Å². The van der Waals surface area contributed by atoms with Gasteiger partial charge in [-0.1, -0.05) is 38.5 Å². The second kappa shape index (κ2) is 7.77. The van der Waals surface area contributed by atoms with Crippen molar-refractivity contribution in [1.82, 2.24) is 0 Å². The topological polar surface area (TPSA) is 75.7 Å². The van der Waals surface area contributed by atoms with Crippen molar-refractivity contribution in [2.45, 2.75) is 76.2 Å². The van der Waals surface area contributed by atoms with Crippen LogP contribution in [0.3, 0.4) is 0 Å². The number of hydrogen-bond acceptors (Lipinski definition) is 4. The normalized spacial score (nSPS) is 20.5. The predicted molar refractivity (Wildman–Crippen MR) is 95.1 cm³/mol. The predicted octanol–water partition coefficient (Wildman–Crippen LogP) is 5.10. The zero-order chi connectivity index (χ0) is 16.9. The van der Waals surface area contributed by atoms with Crippen LogP contribution in [0.1, 0.15) is 81.3 Å². The van der Waals surface area contributed by atoms with Gasteiger partial charge in [0.15, 0.2) is 0 Å². The molecule has 0 amide bonds.